The van der Waals surface area contributed by atoms with Crippen LogP contribution < -0.4 is 4.74 Å². The van der Waals surface area contributed by atoms with Gasteiger partial charge in [0.2, 0.25) is 5.67 Å². The number of nitrogens with zero attached hydrogens (tertiary/aromatic N) is 2. The number of alkyl halides is 1. The van der Waals surface area contributed by atoms with Gasteiger partial charge in [-0.05, 0) is 29.8 Å². The second-order valence-corrected chi connectivity index (χ2v) is 7.87. The van der Waals surface area contributed by atoms with E-state index in [9.17, 15) is 4.79 Å². The van der Waals surface area contributed by atoms with Gasteiger partial charge in [-0.1, -0.05) is 23.7 Å². The van der Waals surface area contributed by atoms with Crippen LogP contribution in [-0.2, 0) is 26.5 Å². The number of aromatic nitrogens is 2. The Balaban J connectivity index is 1.95. The Morgan fingerprint density at radius 1 is 1.15 bits per heavy atom. The molecule has 33 heavy (non-hydrogen) atoms. The van der Waals surface area contributed by atoms with Crippen molar-refractivity contribution in [2.75, 3.05) is 21.3 Å². The van der Waals surface area contributed by atoms with E-state index in [1.807, 2.05) is 12.1 Å². The summed E-state index contributed by atoms with van der Waals surface area (Å²) >= 11 is 6.06. The molecule has 172 valence electrons. The molecule has 2 aromatic heterocycles. The zero-order chi connectivity index (χ0) is 23.8. The van der Waals surface area contributed by atoms with E-state index in [4.69, 9.17) is 25.8 Å². The summed E-state index contributed by atoms with van der Waals surface area (Å²) < 4.78 is 49.2. The zero-order valence-corrected chi connectivity index (χ0v) is 18.9. The quantitative estimate of drug-likeness (QED) is 0.352. The van der Waals surface area contributed by atoms with Gasteiger partial charge in [0.25, 0.3) is 0 Å². The maximum absolute atomic E-state index is 17.0. The third kappa shape index (κ3) is 3.74. The van der Waals surface area contributed by atoms with Crippen LogP contribution in [0.4, 0.5) is 8.78 Å². The molecule has 0 bridgehead atoms. The first kappa shape index (κ1) is 22.8. The SMILES string of the molecule is COC1=CC(OC)=C(F)C(C=O)C1(F)c1cc2cc(Cl)ncc2n1Cc1ccc(OC)cc1. The summed E-state index contributed by atoms with van der Waals surface area (Å²) in [5.41, 5.74) is -1.24. The fraction of sp³-hybridized carbons (Fsp3) is 0.250. The molecule has 0 aliphatic heterocycles. The largest absolute Gasteiger partial charge is 0.497 e. The molecule has 1 aliphatic rings. The Hall–Kier alpha value is -3.39. The fourth-order valence-corrected chi connectivity index (χ4v) is 4.26. The second-order valence-electron chi connectivity index (χ2n) is 7.48. The van der Waals surface area contributed by atoms with Gasteiger partial charge >= 0.3 is 0 Å². The number of allylic oxidation sites excluding steroid dienone is 3. The Labute approximate surface area is 194 Å². The number of hydrogen-bond acceptors (Lipinski definition) is 5. The van der Waals surface area contributed by atoms with Crippen LogP contribution in [0.25, 0.3) is 10.9 Å². The van der Waals surface area contributed by atoms with E-state index in [0.717, 1.165) is 11.6 Å². The van der Waals surface area contributed by atoms with Crippen molar-refractivity contribution in [1.82, 2.24) is 9.55 Å². The van der Waals surface area contributed by atoms with Gasteiger partial charge in [0.05, 0.1) is 38.7 Å². The highest BCUT2D eigenvalue weighted by Crippen LogP contribution is 2.49. The van der Waals surface area contributed by atoms with Crippen LogP contribution in [-0.4, -0.2) is 37.2 Å². The number of rotatable bonds is 7. The van der Waals surface area contributed by atoms with Crippen molar-refractivity contribution >= 4 is 28.8 Å². The Morgan fingerprint density at radius 2 is 1.88 bits per heavy atom. The highest BCUT2D eigenvalue weighted by molar-refractivity contribution is 6.30. The molecular formula is C24H21ClF2N2O4. The van der Waals surface area contributed by atoms with Gasteiger partial charge in [-0.25, -0.2) is 13.8 Å². The summed E-state index contributed by atoms with van der Waals surface area (Å²) in [5.74, 6) is -2.68. The van der Waals surface area contributed by atoms with Gasteiger partial charge < -0.3 is 23.6 Å². The molecule has 1 aromatic carbocycles. The van der Waals surface area contributed by atoms with Crippen molar-refractivity contribution in [3.8, 4) is 5.75 Å². The Bertz CT molecular complexity index is 1270. The van der Waals surface area contributed by atoms with E-state index >= 15 is 8.78 Å². The van der Waals surface area contributed by atoms with Crippen LogP contribution in [0.15, 0.2) is 66.0 Å². The van der Waals surface area contributed by atoms with E-state index in [-0.39, 0.29) is 35.2 Å². The topological polar surface area (TPSA) is 62.6 Å². The minimum Gasteiger partial charge on any atom is -0.497 e. The van der Waals surface area contributed by atoms with E-state index < -0.39 is 17.4 Å². The zero-order valence-electron chi connectivity index (χ0n) is 18.1. The predicted octanol–water partition coefficient (Wildman–Crippen LogP) is 5.10. The molecule has 4 rings (SSSR count). The lowest BCUT2D eigenvalue weighted by Gasteiger charge is -2.35. The standard InChI is InChI=1S/C24H21ClF2N2O4/c1-31-16-6-4-14(5-7-16)12-29-18-11-28-22(25)9-15(18)8-20(29)24(27)17(13-30)23(26)19(32-2)10-21(24)33-3/h4-11,13,17H,12H2,1-3H3. The molecular weight excluding hydrogens is 454 g/mol. The van der Waals surface area contributed by atoms with E-state index in [1.165, 1.54) is 26.5 Å². The first-order valence-corrected chi connectivity index (χ1v) is 10.4. The maximum atomic E-state index is 17.0. The number of aldehydes is 1. The molecule has 0 saturated heterocycles. The highest BCUT2D eigenvalue weighted by atomic mass is 35.5. The first-order chi connectivity index (χ1) is 15.9. The normalized spacial score (nSPS) is 20.5. The van der Waals surface area contributed by atoms with Gasteiger partial charge in [-0.2, -0.15) is 0 Å². The predicted molar refractivity (Wildman–Crippen MR) is 119 cm³/mol. The second kappa shape index (κ2) is 8.86. The molecule has 9 heteroatoms. The van der Waals surface area contributed by atoms with Crippen LogP contribution in [0.1, 0.15) is 11.3 Å². The van der Waals surface area contributed by atoms with Crippen molar-refractivity contribution in [3.05, 3.63) is 82.4 Å². The summed E-state index contributed by atoms with van der Waals surface area (Å²) in [6.07, 6.45) is 2.85. The smallest absolute Gasteiger partial charge is 0.223 e. The van der Waals surface area contributed by atoms with Crippen molar-refractivity contribution in [3.63, 3.8) is 0 Å². The van der Waals surface area contributed by atoms with Crippen LogP contribution in [0.5, 0.6) is 5.75 Å². The lowest BCUT2D eigenvalue weighted by atomic mass is 9.80. The molecule has 1 aliphatic carbocycles. The van der Waals surface area contributed by atoms with Gasteiger partial charge in [0, 0.05) is 18.0 Å². The molecule has 6 nitrogen and oxygen atoms in total. The number of hydrogen-bond donors (Lipinski definition) is 0. The number of carbonyl (C=O) groups excluding carboxylic acids is 1. The average molecular weight is 475 g/mol. The molecule has 0 N–H and O–H groups in total. The maximum Gasteiger partial charge on any atom is 0.223 e. The lowest BCUT2D eigenvalue weighted by Crippen LogP contribution is -2.40. The van der Waals surface area contributed by atoms with Gasteiger partial charge in [-0.3, -0.25) is 0 Å². The Kier molecular flexibility index (Phi) is 6.12. The summed E-state index contributed by atoms with van der Waals surface area (Å²) in [5, 5.41) is 0.798. The van der Waals surface area contributed by atoms with Gasteiger partial charge in [-0.15, -0.1) is 0 Å². The summed E-state index contributed by atoms with van der Waals surface area (Å²) in [6, 6.07) is 10.3. The third-order valence-corrected chi connectivity index (χ3v) is 5.97. The van der Waals surface area contributed by atoms with E-state index in [1.54, 1.807) is 29.9 Å². The molecule has 2 heterocycles. The first-order valence-electron chi connectivity index (χ1n) is 9.99. The number of pyridine rings is 1. The molecule has 3 aromatic rings. The average Bonchev–Trinajstić information content (AvgIpc) is 3.17. The number of benzene rings is 1. The number of carbonyl (C=O) groups is 1. The molecule has 0 radical (unpaired) electrons. The number of fused-ring (bicyclic) bond motifs is 1. The van der Waals surface area contributed by atoms with Crippen molar-refractivity contribution < 1.29 is 27.8 Å². The summed E-state index contributed by atoms with van der Waals surface area (Å²) in [6.45, 7) is 0.211. The Morgan fingerprint density at radius 3 is 2.48 bits per heavy atom. The van der Waals surface area contributed by atoms with Crippen molar-refractivity contribution in [1.29, 1.82) is 0 Å². The minimum atomic E-state index is -2.64. The highest BCUT2D eigenvalue weighted by Gasteiger charge is 2.54. The van der Waals surface area contributed by atoms with Crippen molar-refractivity contribution in [2.45, 2.75) is 12.2 Å². The molecule has 0 fully saturated rings. The van der Waals surface area contributed by atoms with Crippen molar-refractivity contribution in [2.24, 2.45) is 5.92 Å². The van der Waals surface area contributed by atoms with Crippen LogP contribution in [0, 0.1) is 5.92 Å². The van der Waals surface area contributed by atoms with E-state index in [0.29, 0.717) is 16.7 Å². The molecule has 2 unspecified atom stereocenters. The third-order valence-electron chi connectivity index (χ3n) is 5.76. The van der Waals surface area contributed by atoms with Gasteiger partial charge in [0.1, 0.15) is 28.9 Å². The lowest BCUT2D eigenvalue weighted by molar-refractivity contribution is -0.116. The fourth-order valence-electron chi connectivity index (χ4n) is 4.10. The number of methoxy groups -OCH3 is 3. The van der Waals surface area contributed by atoms with Crippen LogP contribution >= 0.6 is 11.6 Å². The number of ether oxygens (including phenoxy) is 3. The number of halogens is 3. The molecule has 2 atom stereocenters. The molecule has 0 saturated carbocycles. The van der Waals surface area contributed by atoms with Gasteiger partial charge in [0.15, 0.2) is 11.6 Å². The molecule has 0 amide bonds. The summed E-state index contributed by atoms with van der Waals surface area (Å²) in [7, 11) is 4.06. The van der Waals surface area contributed by atoms with E-state index in [2.05, 4.69) is 4.98 Å². The minimum absolute atomic E-state index is 0.0212. The molecule has 0 spiro atoms. The monoisotopic (exact) mass is 474 g/mol. The van der Waals surface area contributed by atoms with Crippen LogP contribution in [0.3, 0.4) is 0 Å². The van der Waals surface area contributed by atoms with Crippen LogP contribution in [0.2, 0.25) is 5.15 Å². The summed E-state index contributed by atoms with van der Waals surface area (Å²) in [4.78, 5) is 16.1.